The first kappa shape index (κ1) is 27.9. The van der Waals surface area contributed by atoms with E-state index in [2.05, 4.69) is 162 Å². The van der Waals surface area contributed by atoms with E-state index in [1.807, 2.05) is 12.1 Å². The fourth-order valence-electron chi connectivity index (χ4n) is 8.90. The number of furan rings is 1. The molecule has 1 aliphatic heterocycles. The van der Waals surface area contributed by atoms with Crippen LogP contribution in [0.2, 0.25) is 0 Å². The molecule has 2 aromatic heterocycles. The van der Waals surface area contributed by atoms with Crippen molar-refractivity contribution < 1.29 is 4.42 Å². The zero-order chi connectivity index (χ0) is 33.9. The van der Waals surface area contributed by atoms with Gasteiger partial charge in [-0.25, -0.2) is 4.99 Å². The first-order valence-corrected chi connectivity index (χ1v) is 17.8. The molecule has 0 fully saturated rings. The van der Waals surface area contributed by atoms with Gasteiger partial charge in [0.05, 0.1) is 22.8 Å². The van der Waals surface area contributed by atoms with Crippen LogP contribution in [0.3, 0.4) is 0 Å². The van der Waals surface area contributed by atoms with Crippen molar-refractivity contribution in [1.82, 2.24) is 9.88 Å². The SMILES string of the molecule is c1ccc2c(c1)N=C(n1c3cc4c5ccccc5c5ccccc5c4cc3c3c4ccccc4ccc31)NC2c1ccc2oc3ccccc3c2c1. The minimum atomic E-state index is -0.125. The number of para-hydroxylation sites is 2. The van der Waals surface area contributed by atoms with Crippen LogP contribution < -0.4 is 5.32 Å². The second kappa shape index (κ2) is 10.3. The van der Waals surface area contributed by atoms with Gasteiger partial charge in [-0.3, -0.25) is 4.57 Å². The number of aliphatic imine (C=N–C) groups is 1. The topological polar surface area (TPSA) is 42.5 Å². The average molecular weight is 664 g/mol. The molecule has 1 aliphatic rings. The lowest BCUT2D eigenvalue weighted by Gasteiger charge is -2.28. The molecule has 0 saturated heterocycles. The Hall–Kier alpha value is -6.91. The molecule has 0 bridgehead atoms. The van der Waals surface area contributed by atoms with E-state index in [9.17, 15) is 0 Å². The lowest BCUT2D eigenvalue weighted by atomic mass is 9.93. The van der Waals surface area contributed by atoms with Gasteiger partial charge in [0.2, 0.25) is 5.96 Å². The van der Waals surface area contributed by atoms with Crippen molar-refractivity contribution in [2.45, 2.75) is 6.04 Å². The fourth-order valence-corrected chi connectivity index (χ4v) is 8.90. The molecular weight excluding hydrogens is 635 g/mol. The van der Waals surface area contributed by atoms with Gasteiger partial charge in [-0.15, -0.1) is 0 Å². The van der Waals surface area contributed by atoms with Crippen molar-refractivity contribution in [3.8, 4) is 0 Å². The number of nitrogens with one attached hydrogen (secondary N) is 1. The molecule has 4 heteroatoms. The summed E-state index contributed by atoms with van der Waals surface area (Å²) in [5.74, 6) is 0.806. The maximum absolute atomic E-state index is 6.22. The van der Waals surface area contributed by atoms with Gasteiger partial charge in [-0.1, -0.05) is 121 Å². The van der Waals surface area contributed by atoms with Crippen LogP contribution in [-0.2, 0) is 0 Å². The molecule has 1 atom stereocenters. The van der Waals surface area contributed by atoms with E-state index in [4.69, 9.17) is 9.41 Å². The molecule has 242 valence electrons. The fraction of sp³-hybridized carbons (Fsp3) is 0.0208. The minimum absolute atomic E-state index is 0.125. The van der Waals surface area contributed by atoms with E-state index >= 15 is 0 Å². The highest BCUT2D eigenvalue weighted by atomic mass is 16.3. The van der Waals surface area contributed by atoms with Crippen molar-refractivity contribution in [3.05, 3.63) is 175 Å². The molecule has 4 nitrogen and oxygen atoms in total. The number of aromatic nitrogens is 1. The zero-order valence-corrected chi connectivity index (χ0v) is 28.0. The van der Waals surface area contributed by atoms with Crippen LogP contribution in [0.5, 0.6) is 0 Å². The van der Waals surface area contributed by atoms with Crippen molar-refractivity contribution in [1.29, 1.82) is 0 Å². The third-order valence-corrected chi connectivity index (χ3v) is 11.2. The summed E-state index contributed by atoms with van der Waals surface area (Å²) in [4.78, 5) is 5.39. The van der Waals surface area contributed by atoms with Crippen LogP contribution in [0.1, 0.15) is 17.2 Å². The van der Waals surface area contributed by atoms with Crippen molar-refractivity contribution in [2.75, 3.05) is 0 Å². The minimum Gasteiger partial charge on any atom is -0.456 e. The standard InChI is InChI=1S/C48H29N3O/c1-2-12-30-28(11-1)21-23-42-46(30)40-26-37-33-15-5-3-13-31(33)32-14-4-6-16-34(32)38(37)27-43(40)51(42)48-49-41-19-9-7-18-36(41)47(50-48)29-22-24-45-39(25-29)35-17-8-10-20-44(35)52-45/h1-27,47H,(H,49,50). The summed E-state index contributed by atoms with van der Waals surface area (Å²) in [6.45, 7) is 0. The van der Waals surface area contributed by atoms with Crippen LogP contribution in [-0.4, -0.2) is 10.5 Å². The highest BCUT2D eigenvalue weighted by Gasteiger charge is 2.28. The van der Waals surface area contributed by atoms with E-state index in [1.54, 1.807) is 0 Å². The predicted molar refractivity (Wildman–Crippen MR) is 217 cm³/mol. The van der Waals surface area contributed by atoms with Crippen molar-refractivity contribution >= 4 is 98.5 Å². The molecule has 0 spiro atoms. The molecule has 0 aliphatic carbocycles. The number of hydrogen-bond donors (Lipinski definition) is 1. The Balaban J connectivity index is 1.17. The van der Waals surface area contributed by atoms with Gasteiger partial charge >= 0.3 is 0 Å². The number of rotatable bonds is 1. The third kappa shape index (κ3) is 3.78. The Morgan fingerprint density at radius 3 is 1.90 bits per heavy atom. The molecule has 0 radical (unpaired) electrons. The first-order valence-electron chi connectivity index (χ1n) is 17.8. The summed E-state index contributed by atoms with van der Waals surface area (Å²) >= 11 is 0. The smallest absolute Gasteiger partial charge is 0.209 e. The molecule has 0 saturated carbocycles. The van der Waals surface area contributed by atoms with E-state index in [0.717, 1.165) is 55.7 Å². The number of fused-ring (bicyclic) bond motifs is 15. The summed E-state index contributed by atoms with van der Waals surface area (Å²) in [5.41, 5.74) is 7.31. The van der Waals surface area contributed by atoms with E-state index in [1.165, 1.54) is 53.9 Å². The Bertz CT molecular complexity index is 3350. The molecule has 12 rings (SSSR count). The highest BCUT2D eigenvalue weighted by Crippen LogP contribution is 2.43. The Labute approximate surface area is 297 Å². The first-order chi connectivity index (χ1) is 25.8. The van der Waals surface area contributed by atoms with Gasteiger partial charge in [-0.2, -0.15) is 0 Å². The molecular formula is C48H29N3O. The van der Waals surface area contributed by atoms with Gasteiger partial charge in [-0.05, 0) is 91.1 Å². The highest BCUT2D eigenvalue weighted by molar-refractivity contribution is 6.31. The summed E-state index contributed by atoms with van der Waals surface area (Å²) in [7, 11) is 0. The van der Waals surface area contributed by atoms with Gasteiger partial charge in [0.1, 0.15) is 11.2 Å². The van der Waals surface area contributed by atoms with E-state index in [0.29, 0.717) is 0 Å². The monoisotopic (exact) mass is 663 g/mol. The predicted octanol–water partition coefficient (Wildman–Crippen LogP) is 12.5. The van der Waals surface area contributed by atoms with Crippen LogP contribution in [0.15, 0.2) is 173 Å². The Kier molecular flexibility index (Phi) is 5.53. The Morgan fingerprint density at radius 2 is 1.10 bits per heavy atom. The lowest BCUT2D eigenvalue weighted by Crippen LogP contribution is -2.36. The van der Waals surface area contributed by atoms with Gasteiger partial charge < -0.3 is 9.73 Å². The van der Waals surface area contributed by atoms with Crippen LogP contribution >= 0.6 is 0 Å². The number of benzene rings is 9. The van der Waals surface area contributed by atoms with Crippen LogP contribution in [0.4, 0.5) is 5.69 Å². The normalized spacial score (nSPS) is 14.6. The Morgan fingerprint density at radius 1 is 0.462 bits per heavy atom. The number of hydrogen-bond acceptors (Lipinski definition) is 3. The van der Waals surface area contributed by atoms with Gasteiger partial charge in [0, 0.05) is 27.1 Å². The van der Waals surface area contributed by atoms with Crippen molar-refractivity contribution in [3.63, 3.8) is 0 Å². The van der Waals surface area contributed by atoms with Gasteiger partial charge in [0.25, 0.3) is 0 Å². The summed E-state index contributed by atoms with van der Waals surface area (Å²) in [5, 5.41) is 18.7. The molecule has 52 heavy (non-hydrogen) atoms. The summed E-state index contributed by atoms with van der Waals surface area (Å²) in [6.07, 6.45) is 0. The van der Waals surface area contributed by atoms with E-state index in [-0.39, 0.29) is 6.04 Å². The second-order valence-electron chi connectivity index (χ2n) is 13.9. The molecule has 3 heterocycles. The third-order valence-electron chi connectivity index (χ3n) is 11.2. The maximum atomic E-state index is 6.22. The number of nitrogens with zero attached hydrogens (tertiary/aromatic N) is 2. The van der Waals surface area contributed by atoms with Gasteiger partial charge in [0.15, 0.2) is 0 Å². The molecule has 9 aromatic carbocycles. The summed E-state index contributed by atoms with van der Waals surface area (Å²) < 4.78 is 8.58. The average Bonchev–Trinajstić information content (AvgIpc) is 3.75. The van der Waals surface area contributed by atoms with Crippen molar-refractivity contribution in [2.24, 2.45) is 4.99 Å². The maximum Gasteiger partial charge on any atom is 0.209 e. The quantitative estimate of drug-likeness (QED) is 0.178. The largest absolute Gasteiger partial charge is 0.456 e. The molecule has 1 unspecified atom stereocenters. The molecule has 1 N–H and O–H groups in total. The van der Waals surface area contributed by atoms with Crippen LogP contribution in [0, 0.1) is 0 Å². The lowest BCUT2D eigenvalue weighted by molar-refractivity contribution is 0.668. The second-order valence-corrected chi connectivity index (χ2v) is 13.9. The molecule has 11 aromatic rings. The summed E-state index contributed by atoms with van der Waals surface area (Å²) in [6, 6.07) is 58.9. The van der Waals surface area contributed by atoms with E-state index < -0.39 is 0 Å². The van der Waals surface area contributed by atoms with Crippen LogP contribution in [0.25, 0.3) is 86.8 Å². The molecule has 0 amide bonds. The zero-order valence-electron chi connectivity index (χ0n) is 28.0.